The smallest absolute Gasteiger partial charge is 0.410 e. The number of methoxy groups -OCH3 is 1. The second-order valence-corrected chi connectivity index (χ2v) is 7.69. The van der Waals surface area contributed by atoms with Gasteiger partial charge in [0.05, 0.1) is 12.7 Å². The Balaban J connectivity index is 2.07. The lowest BCUT2D eigenvalue weighted by molar-refractivity contribution is 0.0204. The van der Waals surface area contributed by atoms with E-state index in [-0.39, 0.29) is 12.1 Å². The van der Waals surface area contributed by atoms with Crippen LogP contribution in [0.25, 0.3) is 0 Å². The molecule has 0 atom stereocenters. The summed E-state index contributed by atoms with van der Waals surface area (Å²) in [5, 5.41) is 0. The Bertz CT molecular complexity index is 652. The first-order chi connectivity index (χ1) is 11.6. The minimum Gasteiger partial charge on any atom is -0.465 e. The van der Waals surface area contributed by atoms with E-state index in [4.69, 9.17) is 9.47 Å². The number of carbonyl (C=O) groups excluding carboxylic acids is 2. The fraction of sp³-hybridized carbons (Fsp3) is 0.600. The van der Waals surface area contributed by atoms with Crippen LogP contribution in [0.5, 0.6) is 0 Å². The van der Waals surface area contributed by atoms with Crippen molar-refractivity contribution in [3.63, 3.8) is 0 Å². The molecular formula is C20H29NO4. The minimum atomic E-state index is -0.467. The second-order valence-electron chi connectivity index (χ2n) is 7.69. The highest BCUT2D eigenvalue weighted by atomic mass is 16.6. The number of benzene rings is 1. The highest BCUT2D eigenvalue weighted by molar-refractivity contribution is 5.91. The first-order valence-electron chi connectivity index (χ1n) is 8.80. The molecule has 1 amide bonds. The molecule has 1 aliphatic rings. The van der Waals surface area contributed by atoms with Gasteiger partial charge in [0.2, 0.25) is 0 Å². The maximum absolute atomic E-state index is 12.2. The molecule has 0 N–H and O–H groups in total. The number of amides is 1. The van der Waals surface area contributed by atoms with E-state index in [1.54, 1.807) is 4.90 Å². The first-order valence-corrected chi connectivity index (χ1v) is 8.80. The van der Waals surface area contributed by atoms with Crippen LogP contribution in [-0.2, 0) is 9.47 Å². The molecule has 0 aromatic heterocycles. The second kappa shape index (κ2) is 7.46. The zero-order chi connectivity index (χ0) is 18.8. The van der Waals surface area contributed by atoms with E-state index in [2.05, 4.69) is 6.92 Å². The van der Waals surface area contributed by atoms with Crippen LogP contribution in [0.2, 0.25) is 0 Å². The molecule has 1 saturated heterocycles. The summed E-state index contributed by atoms with van der Waals surface area (Å²) < 4.78 is 10.3. The molecule has 5 nitrogen and oxygen atoms in total. The maximum atomic E-state index is 12.2. The molecule has 5 heteroatoms. The molecule has 2 rings (SSSR count). The third kappa shape index (κ3) is 4.53. The molecule has 0 unspecified atom stereocenters. The van der Waals surface area contributed by atoms with E-state index in [9.17, 15) is 9.59 Å². The van der Waals surface area contributed by atoms with Crippen LogP contribution in [0.4, 0.5) is 4.79 Å². The van der Waals surface area contributed by atoms with Crippen molar-refractivity contribution in [2.75, 3.05) is 20.2 Å². The lowest BCUT2D eigenvalue weighted by atomic mass is 9.84. The molecule has 1 aromatic carbocycles. The monoisotopic (exact) mass is 347 g/mol. The molecule has 25 heavy (non-hydrogen) atoms. The molecule has 138 valence electrons. The van der Waals surface area contributed by atoms with Gasteiger partial charge in [-0.05, 0) is 76.1 Å². The summed E-state index contributed by atoms with van der Waals surface area (Å²) in [5.74, 6) is 0.0935. The van der Waals surface area contributed by atoms with Gasteiger partial charge in [0.15, 0.2) is 0 Å². The van der Waals surface area contributed by atoms with Crippen LogP contribution in [0.1, 0.15) is 66.6 Å². The van der Waals surface area contributed by atoms with Crippen LogP contribution in [-0.4, -0.2) is 42.8 Å². The Hall–Kier alpha value is -2.04. The number of esters is 1. The van der Waals surface area contributed by atoms with Crippen LogP contribution < -0.4 is 0 Å². The summed E-state index contributed by atoms with van der Waals surface area (Å²) in [4.78, 5) is 25.8. The number of ether oxygens (including phenoxy) is 2. The topological polar surface area (TPSA) is 55.8 Å². The molecule has 0 radical (unpaired) electrons. The molecule has 1 aliphatic heterocycles. The number of piperidine rings is 1. The SMILES string of the molecule is COC(=O)c1ccc(C2CCN(C(=O)OC(C)(C)C)CC2)c(C)c1C. The Labute approximate surface area is 150 Å². The van der Waals surface area contributed by atoms with Crippen LogP contribution in [0.3, 0.4) is 0 Å². The molecule has 1 aromatic rings. The summed E-state index contributed by atoms with van der Waals surface area (Å²) in [7, 11) is 1.40. The molecule has 1 fully saturated rings. The fourth-order valence-electron chi connectivity index (χ4n) is 3.31. The summed E-state index contributed by atoms with van der Waals surface area (Å²) in [5.41, 5.74) is 3.52. The molecule has 0 spiro atoms. The van der Waals surface area contributed by atoms with Crippen molar-refractivity contribution in [3.8, 4) is 0 Å². The maximum Gasteiger partial charge on any atom is 0.410 e. The van der Waals surface area contributed by atoms with Crippen molar-refractivity contribution in [1.29, 1.82) is 0 Å². The first kappa shape index (κ1) is 19.3. The quantitative estimate of drug-likeness (QED) is 0.752. The fourth-order valence-corrected chi connectivity index (χ4v) is 3.31. The highest BCUT2D eigenvalue weighted by Crippen LogP contribution is 2.33. The predicted molar refractivity (Wildman–Crippen MR) is 97.0 cm³/mol. The van der Waals surface area contributed by atoms with Gasteiger partial charge in [0.1, 0.15) is 5.60 Å². The van der Waals surface area contributed by atoms with Crippen molar-refractivity contribution in [1.82, 2.24) is 4.90 Å². The third-order valence-corrected chi connectivity index (χ3v) is 4.82. The Morgan fingerprint density at radius 1 is 1.08 bits per heavy atom. The van der Waals surface area contributed by atoms with Gasteiger partial charge in [0, 0.05) is 13.1 Å². The number of likely N-dealkylation sites (tertiary alicyclic amines) is 1. The van der Waals surface area contributed by atoms with Crippen molar-refractivity contribution < 1.29 is 19.1 Å². The van der Waals surface area contributed by atoms with E-state index < -0.39 is 5.60 Å². The van der Waals surface area contributed by atoms with E-state index >= 15 is 0 Å². The standard InChI is InChI=1S/C20H29NO4/c1-13-14(2)17(18(22)24-6)8-7-16(13)15-9-11-21(12-10-15)19(23)25-20(3,4)5/h7-8,15H,9-12H2,1-6H3. The summed E-state index contributed by atoms with van der Waals surface area (Å²) >= 11 is 0. The minimum absolute atomic E-state index is 0.236. The van der Waals surface area contributed by atoms with E-state index in [1.807, 2.05) is 39.8 Å². The van der Waals surface area contributed by atoms with Crippen molar-refractivity contribution in [2.45, 2.75) is 59.0 Å². The van der Waals surface area contributed by atoms with Crippen LogP contribution in [0.15, 0.2) is 12.1 Å². The van der Waals surface area contributed by atoms with E-state index in [0.29, 0.717) is 24.6 Å². The van der Waals surface area contributed by atoms with Gasteiger partial charge in [-0.2, -0.15) is 0 Å². The number of carbonyl (C=O) groups is 2. The predicted octanol–water partition coefficient (Wildman–Crippen LogP) is 4.20. The molecule has 1 heterocycles. The molecule has 0 aliphatic carbocycles. The van der Waals surface area contributed by atoms with Gasteiger partial charge in [-0.3, -0.25) is 0 Å². The highest BCUT2D eigenvalue weighted by Gasteiger charge is 2.28. The van der Waals surface area contributed by atoms with Gasteiger partial charge < -0.3 is 14.4 Å². The lowest BCUT2D eigenvalue weighted by Crippen LogP contribution is -2.41. The van der Waals surface area contributed by atoms with E-state index in [0.717, 1.165) is 24.0 Å². The lowest BCUT2D eigenvalue weighted by Gasteiger charge is -2.34. The summed E-state index contributed by atoms with van der Waals surface area (Å²) in [6, 6.07) is 3.88. The zero-order valence-electron chi connectivity index (χ0n) is 16.1. The van der Waals surface area contributed by atoms with Gasteiger partial charge in [0.25, 0.3) is 0 Å². The average Bonchev–Trinajstić information content (AvgIpc) is 2.55. The molecule has 0 bridgehead atoms. The van der Waals surface area contributed by atoms with Crippen molar-refractivity contribution in [2.24, 2.45) is 0 Å². The number of rotatable bonds is 2. The van der Waals surface area contributed by atoms with Gasteiger partial charge in [-0.1, -0.05) is 6.07 Å². The number of hydrogen-bond donors (Lipinski definition) is 0. The number of nitrogens with zero attached hydrogens (tertiary/aromatic N) is 1. The van der Waals surface area contributed by atoms with Crippen molar-refractivity contribution >= 4 is 12.1 Å². The van der Waals surface area contributed by atoms with Crippen LogP contribution in [0, 0.1) is 13.8 Å². The summed E-state index contributed by atoms with van der Waals surface area (Å²) in [6.07, 6.45) is 1.56. The van der Waals surface area contributed by atoms with Crippen LogP contribution >= 0.6 is 0 Å². The van der Waals surface area contributed by atoms with Gasteiger partial charge in [-0.25, -0.2) is 9.59 Å². The average molecular weight is 347 g/mol. The van der Waals surface area contributed by atoms with Gasteiger partial charge >= 0.3 is 12.1 Å². The van der Waals surface area contributed by atoms with Gasteiger partial charge in [-0.15, -0.1) is 0 Å². The Morgan fingerprint density at radius 2 is 1.68 bits per heavy atom. The number of hydrogen-bond acceptors (Lipinski definition) is 4. The molecular weight excluding hydrogens is 318 g/mol. The Kier molecular flexibility index (Phi) is 5.76. The molecule has 0 saturated carbocycles. The zero-order valence-corrected chi connectivity index (χ0v) is 16.1. The normalized spacial score (nSPS) is 15.8. The Morgan fingerprint density at radius 3 is 2.20 bits per heavy atom. The largest absolute Gasteiger partial charge is 0.465 e. The summed E-state index contributed by atoms with van der Waals surface area (Å²) in [6.45, 7) is 11.0. The third-order valence-electron chi connectivity index (χ3n) is 4.82. The van der Waals surface area contributed by atoms with E-state index in [1.165, 1.54) is 12.7 Å². The van der Waals surface area contributed by atoms with Crippen molar-refractivity contribution in [3.05, 3.63) is 34.4 Å².